The number of carbonyl (C=O) groups excluding carboxylic acids is 1. The van der Waals surface area contributed by atoms with Gasteiger partial charge in [-0.15, -0.1) is 12.4 Å². The Balaban J connectivity index is 0.00000242. The fraction of sp³-hybridized carbons (Fsp3) is 0.533. The minimum atomic E-state index is -0.371. The first-order valence-corrected chi connectivity index (χ1v) is 8.93. The second-order valence-electron chi connectivity index (χ2n) is 5.15. The summed E-state index contributed by atoms with van der Waals surface area (Å²) in [5, 5.41) is 0.758. The molecule has 0 radical (unpaired) electrons. The third-order valence-electron chi connectivity index (χ3n) is 3.73. The molecule has 7 heteroatoms. The molecule has 1 saturated heterocycles. The molecule has 1 aromatic rings. The molecule has 1 heterocycles. The zero-order valence-electron chi connectivity index (χ0n) is 12.7. The number of carbonyl (C=O) groups is 1. The minimum Gasteiger partial charge on any atom is -0.367 e. The third-order valence-corrected chi connectivity index (χ3v) is 4.70. The molecule has 1 aliphatic heterocycles. The van der Waals surface area contributed by atoms with Crippen molar-refractivity contribution in [1.29, 1.82) is 0 Å². The number of thioether (sulfide) groups is 1. The van der Waals surface area contributed by atoms with Crippen molar-refractivity contribution in [2.75, 3.05) is 43.1 Å². The van der Waals surface area contributed by atoms with E-state index >= 15 is 0 Å². The van der Waals surface area contributed by atoms with Gasteiger partial charge in [-0.3, -0.25) is 4.79 Å². The van der Waals surface area contributed by atoms with E-state index in [0.29, 0.717) is 13.1 Å². The summed E-state index contributed by atoms with van der Waals surface area (Å²) in [7, 11) is 0. The maximum atomic E-state index is 12.3. The van der Waals surface area contributed by atoms with Gasteiger partial charge in [-0.25, -0.2) is 0 Å². The van der Waals surface area contributed by atoms with Gasteiger partial charge in [0.1, 0.15) is 0 Å². The average molecular weight is 364 g/mol. The lowest BCUT2D eigenvalue weighted by atomic mass is 10.2. The lowest BCUT2D eigenvalue weighted by molar-refractivity contribution is -0.132. The van der Waals surface area contributed by atoms with E-state index in [1.807, 2.05) is 35.4 Å². The van der Waals surface area contributed by atoms with Crippen molar-refractivity contribution in [3.63, 3.8) is 0 Å². The SMILES string of the molecule is CSCCC(N)C(=O)N1CCN(c2ccccc2Cl)CC1.Cl. The number of benzene rings is 1. The van der Waals surface area contributed by atoms with Crippen LogP contribution in [-0.2, 0) is 4.79 Å². The van der Waals surface area contributed by atoms with E-state index in [0.717, 1.165) is 36.0 Å². The van der Waals surface area contributed by atoms with E-state index in [2.05, 4.69) is 4.90 Å². The zero-order chi connectivity index (χ0) is 15.2. The molecule has 0 saturated carbocycles. The highest BCUT2D eigenvalue weighted by Crippen LogP contribution is 2.26. The molecule has 1 atom stereocenters. The number of nitrogens with two attached hydrogens (primary N) is 1. The van der Waals surface area contributed by atoms with Gasteiger partial charge in [0, 0.05) is 26.2 Å². The summed E-state index contributed by atoms with van der Waals surface area (Å²) in [5.74, 6) is 0.995. The Morgan fingerprint density at radius 1 is 1.32 bits per heavy atom. The highest BCUT2D eigenvalue weighted by atomic mass is 35.5. The summed E-state index contributed by atoms with van der Waals surface area (Å²) in [6.07, 6.45) is 2.77. The van der Waals surface area contributed by atoms with E-state index in [4.69, 9.17) is 17.3 Å². The van der Waals surface area contributed by atoms with Gasteiger partial charge in [0.25, 0.3) is 0 Å². The Morgan fingerprint density at radius 2 is 1.95 bits per heavy atom. The van der Waals surface area contributed by atoms with Crippen LogP contribution in [-0.4, -0.2) is 55.0 Å². The van der Waals surface area contributed by atoms with Crippen molar-refractivity contribution >= 4 is 47.4 Å². The van der Waals surface area contributed by atoms with Crippen molar-refractivity contribution in [3.05, 3.63) is 29.3 Å². The molecule has 1 amide bonds. The Morgan fingerprint density at radius 3 is 2.55 bits per heavy atom. The Labute approximate surface area is 147 Å². The van der Waals surface area contributed by atoms with Crippen LogP contribution in [0.15, 0.2) is 24.3 Å². The Bertz CT molecular complexity index is 482. The molecule has 0 aromatic heterocycles. The number of para-hydroxylation sites is 1. The number of nitrogens with zero attached hydrogens (tertiary/aromatic N) is 2. The topological polar surface area (TPSA) is 49.6 Å². The summed E-state index contributed by atoms with van der Waals surface area (Å²) in [4.78, 5) is 16.4. The summed E-state index contributed by atoms with van der Waals surface area (Å²) < 4.78 is 0. The van der Waals surface area contributed by atoms with Gasteiger partial charge >= 0.3 is 0 Å². The number of anilines is 1. The number of hydrogen-bond acceptors (Lipinski definition) is 4. The number of amides is 1. The highest BCUT2D eigenvalue weighted by molar-refractivity contribution is 7.98. The second-order valence-corrected chi connectivity index (χ2v) is 6.54. The maximum Gasteiger partial charge on any atom is 0.239 e. The van der Waals surface area contributed by atoms with Crippen molar-refractivity contribution in [1.82, 2.24) is 4.90 Å². The quantitative estimate of drug-likeness (QED) is 0.872. The van der Waals surface area contributed by atoms with E-state index in [9.17, 15) is 4.79 Å². The zero-order valence-corrected chi connectivity index (χ0v) is 15.1. The van der Waals surface area contributed by atoms with Crippen molar-refractivity contribution < 1.29 is 4.79 Å². The molecule has 0 aliphatic carbocycles. The Hall–Kier alpha value is -0.620. The molecular weight excluding hydrogens is 341 g/mol. The van der Waals surface area contributed by atoms with Gasteiger partial charge in [-0.2, -0.15) is 11.8 Å². The maximum absolute atomic E-state index is 12.3. The van der Waals surface area contributed by atoms with E-state index in [1.165, 1.54) is 0 Å². The van der Waals surface area contributed by atoms with Gasteiger partial charge in [-0.05, 0) is 30.6 Å². The van der Waals surface area contributed by atoms with Crippen molar-refractivity contribution in [3.8, 4) is 0 Å². The largest absolute Gasteiger partial charge is 0.367 e. The van der Waals surface area contributed by atoms with Crippen LogP contribution < -0.4 is 10.6 Å². The molecule has 4 nitrogen and oxygen atoms in total. The molecular formula is C15H23Cl2N3OS. The summed E-state index contributed by atoms with van der Waals surface area (Å²) in [6.45, 7) is 3.00. The second kappa shape index (κ2) is 9.50. The Kier molecular flexibility index (Phi) is 8.39. The smallest absolute Gasteiger partial charge is 0.239 e. The van der Waals surface area contributed by atoms with Crippen molar-refractivity contribution in [2.45, 2.75) is 12.5 Å². The molecule has 22 heavy (non-hydrogen) atoms. The molecule has 1 unspecified atom stereocenters. The van der Waals surface area contributed by atoms with Crippen LogP contribution in [0.5, 0.6) is 0 Å². The standard InChI is InChI=1S/C15H22ClN3OS.ClH/c1-21-11-6-13(17)15(20)19-9-7-18(8-10-19)14-5-3-2-4-12(14)16;/h2-5,13H,6-11,17H2,1H3;1H. The lowest BCUT2D eigenvalue weighted by Gasteiger charge is -2.37. The lowest BCUT2D eigenvalue weighted by Crippen LogP contribution is -2.53. The predicted octanol–water partition coefficient (Wildman–Crippen LogP) is 2.49. The van der Waals surface area contributed by atoms with Gasteiger partial charge in [-0.1, -0.05) is 23.7 Å². The first-order valence-electron chi connectivity index (χ1n) is 7.16. The van der Waals surface area contributed by atoms with Crippen LogP contribution >= 0.6 is 35.8 Å². The fourth-order valence-corrected chi connectivity index (χ4v) is 3.22. The molecule has 1 aliphatic rings. The number of hydrogen-bond donors (Lipinski definition) is 1. The van der Waals surface area contributed by atoms with Crippen LogP contribution in [0.4, 0.5) is 5.69 Å². The van der Waals surface area contributed by atoms with Gasteiger partial charge in [0.15, 0.2) is 0 Å². The van der Waals surface area contributed by atoms with E-state index < -0.39 is 0 Å². The van der Waals surface area contributed by atoms with Gasteiger partial charge < -0.3 is 15.5 Å². The number of rotatable bonds is 5. The first kappa shape index (κ1) is 19.4. The van der Waals surface area contributed by atoms with Gasteiger partial charge in [0.05, 0.1) is 16.8 Å². The number of piperazine rings is 1. The summed E-state index contributed by atoms with van der Waals surface area (Å²) in [6, 6.07) is 7.45. The molecule has 124 valence electrons. The monoisotopic (exact) mass is 363 g/mol. The summed E-state index contributed by atoms with van der Waals surface area (Å²) >= 11 is 7.94. The van der Waals surface area contributed by atoms with E-state index in [-0.39, 0.29) is 24.4 Å². The highest BCUT2D eigenvalue weighted by Gasteiger charge is 2.25. The fourth-order valence-electron chi connectivity index (χ4n) is 2.48. The van der Waals surface area contributed by atoms with Gasteiger partial charge in [0.2, 0.25) is 5.91 Å². The number of halogens is 2. The molecule has 2 rings (SSSR count). The molecule has 1 aromatic carbocycles. The van der Waals surface area contributed by atoms with E-state index in [1.54, 1.807) is 11.8 Å². The molecule has 0 spiro atoms. The third kappa shape index (κ3) is 4.95. The van der Waals surface area contributed by atoms with Crippen LogP contribution in [0.25, 0.3) is 0 Å². The van der Waals surface area contributed by atoms with Crippen LogP contribution in [0.3, 0.4) is 0 Å². The molecule has 1 fully saturated rings. The van der Waals surface area contributed by atoms with Crippen LogP contribution in [0.1, 0.15) is 6.42 Å². The minimum absolute atomic E-state index is 0. The summed E-state index contributed by atoms with van der Waals surface area (Å²) in [5.41, 5.74) is 7.00. The normalized spacial score (nSPS) is 16.1. The van der Waals surface area contributed by atoms with Crippen LogP contribution in [0, 0.1) is 0 Å². The average Bonchev–Trinajstić information content (AvgIpc) is 2.52. The van der Waals surface area contributed by atoms with Crippen molar-refractivity contribution in [2.24, 2.45) is 5.73 Å². The first-order chi connectivity index (χ1) is 10.1. The molecule has 0 bridgehead atoms. The van der Waals surface area contributed by atoms with Crippen LogP contribution in [0.2, 0.25) is 5.02 Å². The molecule has 2 N–H and O–H groups in total. The predicted molar refractivity (Wildman–Crippen MR) is 98.5 cm³/mol.